The normalized spacial score (nSPS) is 16.9. The molecule has 0 radical (unpaired) electrons. The molecule has 6 nitrogen and oxygen atoms in total. The largest absolute Gasteiger partial charge is 0.490 e. The maximum Gasteiger partial charge on any atom is 0.290 e. The summed E-state index contributed by atoms with van der Waals surface area (Å²) in [5.74, 6) is 1.62. The molecular weight excluding hydrogens is 342 g/mol. The van der Waals surface area contributed by atoms with Gasteiger partial charge in [-0.1, -0.05) is 30.3 Å². The molecule has 0 bridgehead atoms. The van der Waals surface area contributed by atoms with E-state index in [0.29, 0.717) is 37.0 Å². The molecule has 27 heavy (non-hydrogen) atoms. The summed E-state index contributed by atoms with van der Waals surface area (Å²) in [6.45, 7) is 2.44. The van der Waals surface area contributed by atoms with E-state index >= 15 is 0 Å². The highest BCUT2D eigenvalue weighted by Crippen LogP contribution is 2.23. The van der Waals surface area contributed by atoms with Gasteiger partial charge in [0.2, 0.25) is 0 Å². The van der Waals surface area contributed by atoms with Crippen LogP contribution in [0.4, 0.5) is 0 Å². The lowest BCUT2D eigenvalue weighted by atomic mass is 10.2. The summed E-state index contributed by atoms with van der Waals surface area (Å²) >= 11 is 0. The SMILES string of the molecule is O=C(c1ccc(-c2ccccc2)o1)N1CCNC[C@H]1COc1cccnc1. The van der Waals surface area contributed by atoms with Crippen LogP contribution in [-0.4, -0.2) is 48.1 Å². The van der Waals surface area contributed by atoms with E-state index in [0.717, 1.165) is 12.1 Å². The van der Waals surface area contributed by atoms with Crippen LogP contribution in [0.3, 0.4) is 0 Å². The molecule has 1 amide bonds. The average Bonchev–Trinajstić information content (AvgIpc) is 3.24. The highest BCUT2D eigenvalue weighted by molar-refractivity contribution is 5.92. The molecule has 1 aliphatic heterocycles. The molecule has 6 heteroatoms. The zero-order valence-corrected chi connectivity index (χ0v) is 14.9. The molecule has 3 aromatic rings. The molecule has 3 heterocycles. The molecule has 2 aromatic heterocycles. The van der Waals surface area contributed by atoms with Crippen molar-refractivity contribution in [2.24, 2.45) is 0 Å². The van der Waals surface area contributed by atoms with Gasteiger partial charge in [-0.2, -0.15) is 0 Å². The Balaban J connectivity index is 1.46. The lowest BCUT2D eigenvalue weighted by Crippen LogP contribution is -2.55. The number of hydrogen-bond acceptors (Lipinski definition) is 5. The van der Waals surface area contributed by atoms with Gasteiger partial charge in [0.1, 0.15) is 18.1 Å². The first-order valence-electron chi connectivity index (χ1n) is 9.01. The topological polar surface area (TPSA) is 67.6 Å². The van der Waals surface area contributed by atoms with Crippen LogP contribution in [0.25, 0.3) is 11.3 Å². The molecule has 1 saturated heterocycles. The smallest absolute Gasteiger partial charge is 0.290 e. The van der Waals surface area contributed by atoms with Crippen LogP contribution in [0, 0.1) is 0 Å². The van der Waals surface area contributed by atoms with Crippen LogP contribution in [0.5, 0.6) is 5.75 Å². The molecular formula is C21H21N3O3. The highest BCUT2D eigenvalue weighted by atomic mass is 16.5. The van der Waals surface area contributed by atoms with Gasteiger partial charge in [0.05, 0.1) is 12.2 Å². The van der Waals surface area contributed by atoms with Crippen LogP contribution in [0.1, 0.15) is 10.6 Å². The summed E-state index contributed by atoms with van der Waals surface area (Å²) in [7, 11) is 0. The molecule has 4 rings (SSSR count). The molecule has 1 atom stereocenters. The second-order valence-corrected chi connectivity index (χ2v) is 6.39. The Labute approximate surface area is 157 Å². The Morgan fingerprint density at radius 1 is 1.19 bits per heavy atom. The quantitative estimate of drug-likeness (QED) is 0.755. The van der Waals surface area contributed by atoms with Crippen LogP contribution in [-0.2, 0) is 0 Å². The first-order valence-corrected chi connectivity index (χ1v) is 9.01. The van der Waals surface area contributed by atoms with E-state index in [-0.39, 0.29) is 11.9 Å². The standard InChI is InChI=1S/C21H21N3O3/c25-21(20-9-8-19(27-20)16-5-2-1-3-6-16)24-12-11-23-13-17(24)15-26-18-7-4-10-22-14-18/h1-10,14,17,23H,11-13,15H2/t17-/m0/s1. The van der Waals surface area contributed by atoms with E-state index in [9.17, 15) is 4.79 Å². The monoisotopic (exact) mass is 363 g/mol. The predicted octanol–water partition coefficient (Wildman–Crippen LogP) is 2.83. The van der Waals surface area contributed by atoms with Gasteiger partial charge in [-0.3, -0.25) is 9.78 Å². The summed E-state index contributed by atoms with van der Waals surface area (Å²) in [5.41, 5.74) is 0.952. The Bertz CT molecular complexity index is 880. The summed E-state index contributed by atoms with van der Waals surface area (Å²) in [4.78, 5) is 18.9. The van der Waals surface area contributed by atoms with Crippen LogP contribution < -0.4 is 10.1 Å². The molecule has 1 N–H and O–H groups in total. The average molecular weight is 363 g/mol. The number of nitrogens with one attached hydrogen (secondary N) is 1. The van der Waals surface area contributed by atoms with Crippen molar-refractivity contribution in [3.63, 3.8) is 0 Å². The number of ether oxygens (including phenoxy) is 1. The minimum absolute atomic E-state index is 0.0725. The van der Waals surface area contributed by atoms with Gasteiger partial charge in [-0.05, 0) is 24.3 Å². The fraction of sp³-hybridized carbons (Fsp3) is 0.238. The van der Waals surface area contributed by atoms with Gasteiger partial charge < -0.3 is 19.4 Å². The molecule has 0 spiro atoms. The van der Waals surface area contributed by atoms with Gasteiger partial charge in [0.25, 0.3) is 5.91 Å². The van der Waals surface area contributed by atoms with Crippen molar-refractivity contribution < 1.29 is 13.9 Å². The van der Waals surface area contributed by atoms with Gasteiger partial charge in [0, 0.05) is 31.4 Å². The molecule has 1 aromatic carbocycles. The van der Waals surface area contributed by atoms with Crippen molar-refractivity contribution in [2.75, 3.05) is 26.2 Å². The zero-order valence-electron chi connectivity index (χ0n) is 14.9. The first kappa shape index (κ1) is 17.3. The summed E-state index contributed by atoms with van der Waals surface area (Å²) in [6.07, 6.45) is 3.37. The third-order valence-corrected chi connectivity index (χ3v) is 4.56. The Morgan fingerprint density at radius 3 is 2.89 bits per heavy atom. The van der Waals surface area contributed by atoms with E-state index < -0.39 is 0 Å². The van der Waals surface area contributed by atoms with Gasteiger partial charge in [0.15, 0.2) is 5.76 Å². The predicted molar refractivity (Wildman–Crippen MR) is 102 cm³/mol. The molecule has 138 valence electrons. The van der Waals surface area contributed by atoms with Crippen molar-refractivity contribution in [2.45, 2.75) is 6.04 Å². The number of nitrogens with zero attached hydrogens (tertiary/aromatic N) is 2. The van der Waals surface area contributed by atoms with Crippen molar-refractivity contribution >= 4 is 5.91 Å². The van der Waals surface area contributed by atoms with E-state index in [1.54, 1.807) is 18.5 Å². The number of pyridine rings is 1. The fourth-order valence-corrected chi connectivity index (χ4v) is 3.15. The Kier molecular flexibility index (Phi) is 5.16. The minimum Gasteiger partial charge on any atom is -0.490 e. The molecule has 0 saturated carbocycles. The number of rotatable bonds is 5. The maximum atomic E-state index is 13.0. The maximum absolute atomic E-state index is 13.0. The number of carbonyl (C=O) groups is 1. The van der Waals surface area contributed by atoms with Crippen molar-refractivity contribution in [1.29, 1.82) is 0 Å². The van der Waals surface area contributed by atoms with E-state index in [4.69, 9.17) is 9.15 Å². The van der Waals surface area contributed by atoms with E-state index in [2.05, 4.69) is 10.3 Å². The molecule has 1 aliphatic rings. The minimum atomic E-state index is -0.113. The fourth-order valence-electron chi connectivity index (χ4n) is 3.15. The summed E-state index contributed by atoms with van der Waals surface area (Å²) < 4.78 is 11.6. The number of furan rings is 1. The second kappa shape index (κ2) is 8.05. The second-order valence-electron chi connectivity index (χ2n) is 6.39. The lowest BCUT2D eigenvalue weighted by Gasteiger charge is -2.35. The van der Waals surface area contributed by atoms with E-state index in [1.807, 2.05) is 53.4 Å². The molecule has 0 aliphatic carbocycles. The van der Waals surface area contributed by atoms with Gasteiger partial charge in [-0.15, -0.1) is 0 Å². The van der Waals surface area contributed by atoms with Crippen LogP contribution >= 0.6 is 0 Å². The third kappa shape index (κ3) is 4.01. The number of aromatic nitrogens is 1. The third-order valence-electron chi connectivity index (χ3n) is 4.56. The van der Waals surface area contributed by atoms with Crippen molar-refractivity contribution in [3.05, 3.63) is 72.8 Å². The number of benzene rings is 1. The number of piperazine rings is 1. The first-order chi connectivity index (χ1) is 13.3. The number of carbonyl (C=O) groups excluding carboxylic acids is 1. The lowest BCUT2D eigenvalue weighted by molar-refractivity contribution is 0.0529. The van der Waals surface area contributed by atoms with Crippen LogP contribution in [0.15, 0.2) is 71.4 Å². The van der Waals surface area contributed by atoms with Gasteiger partial charge in [-0.25, -0.2) is 0 Å². The highest BCUT2D eigenvalue weighted by Gasteiger charge is 2.29. The van der Waals surface area contributed by atoms with Crippen LogP contribution in [0.2, 0.25) is 0 Å². The summed E-state index contributed by atoms with van der Waals surface area (Å²) in [6, 6.07) is 17.0. The summed E-state index contributed by atoms with van der Waals surface area (Å²) in [5, 5.41) is 3.32. The molecule has 1 fully saturated rings. The molecule has 0 unspecified atom stereocenters. The Morgan fingerprint density at radius 2 is 2.07 bits per heavy atom. The zero-order chi connectivity index (χ0) is 18.5. The van der Waals surface area contributed by atoms with Gasteiger partial charge >= 0.3 is 0 Å². The van der Waals surface area contributed by atoms with E-state index in [1.165, 1.54) is 0 Å². The van der Waals surface area contributed by atoms with Crippen molar-refractivity contribution in [3.8, 4) is 17.1 Å². The number of hydrogen-bond donors (Lipinski definition) is 1. The Hall–Kier alpha value is -3.12. The van der Waals surface area contributed by atoms with Crippen molar-refractivity contribution in [1.82, 2.24) is 15.2 Å². The number of amides is 1.